The molecule has 27 heavy (non-hydrogen) atoms. The summed E-state index contributed by atoms with van der Waals surface area (Å²) in [6, 6.07) is 8.28. The summed E-state index contributed by atoms with van der Waals surface area (Å²) in [6.07, 6.45) is 7.78. The number of benzene rings is 1. The molecule has 5 nitrogen and oxygen atoms in total. The molecule has 2 saturated heterocycles. The molecule has 3 aliphatic rings. The van der Waals surface area contributed by atoms with Gasteiger partial charge in [0, 0.05) is 0 Å². The zero-order valence-electron chi connectivity index (χ0n) is 15.3. The Morgan fingerprint density at radius 2 is 1.85 bits per heavy atom. The molecule has 2 aliphatic heterocycles. The van der Waals surface area contributed by atoms with E-state index in [2.05, 4.69) is 18.2 Å². The summed E-state index contributed by atoms with van der Waals surface area (Å²) in [6.45, 7) is 2.49. The average Bonchev–Trinajstić information content (AvgIpc) is 3.24. The number of likely N-dealkylation sites (tertiary alicyclic amines) is 2. The maximum absolute atomic E-state index is 12.7. The summed E-state index contributed by atoms with van der Waals surface area (Å²) in [5.41, 5.74) is 1.08. The van der Waals surface area contributed by atoms with Crippen molar-refractivity contribution in [2.24, 2.45) is 11.8 Å². The van der Waals surface area contributed by atoms with Crippen molar-refractivity contribution in [3.05, 3.63) is 41.4 Å². The Morgan fingerprint density at radius 1 is 1.11 bits per heavy atom. The van der Waals surface area contributed by atoms with Crippen molar-refractivity contribution in [1.82, 2.24) is 9.88 Å². The number of aromatic nitrogens is 1. The molecule has 5 rings (SSSR count). The minimum absolute atomic E-state index is 0.0453. The molecule has 0 bridgehead atoms. The first-order valence-electron chi connectivity index (χ1n) is 9.90. The summed E-state index contributed by atoms with van der Waals surface area (Å²) in [7, 11) is 0. The maximum Gasteiger partial charge on any atom is 0.237 e. The molecule has 140 valence electrons. The summed E-state index contributed by atoms with van der Waals surface area (Å²) in [5.74, 6) is 0.273. The van der Waals surface area contributed by atoms with Gasteiger partial charge >= 0.3 is 0 Å². The first-order valence-corrected chi connectivity index (χ1v) is 10.7. The van der Waals surface area contributed by atoms with E-state index in [-0.39, 0.29) is 23.7 Å². The lowest BCUT2D eigenvalue weighted by atomic mass is 9.85. The summed E-state index contributed by atoms with van der Waals surface area (Å²) in [4.78, 5) is 33.2. The number of imide groups is 1. The van der Waals surface area contributed by atoms with E-state index < -0.39 is 0 Å². The third-order valence-electron chi connectivity index (χ3n) is 6.26. The Hall–Kier alpha value is -2.05. The van der Waals surface area contributed by atoms with Gasteiger partial charge in [-0.3, -0.25) is 9.59 Å². The molecule has 2 aromatic rings. The van der Waals surface area contributed by atoms with Crippen molar-refractivity contribution in [2.45, 2.75) is 31.6 Å². The first kappa shape index (κ1) is 17.1. The van der Waals surface area contributed by atoms with Crippen LogP contribution in [0.4, 0.5) is 0 Å². The lowest BCUT2D eigenvalue weighted by Gasteiger charge is -2.31. The van der Waals surface area contributed by atoms with Gasteiger partial charge < -0.3 is 4.90 Å². The normalized spacial score (nSPS) is 30.9. The van der Waals surface area contributed by atoms with Crippen LogP contribution in [0.2, 0.25) is 0 Å². The van der Waals surface area contributed by atoms with Crippen LogP contribution in [0.3, 0.4) is 0 Å². The molecule has 6 heteroatoms. The zero-order valence-corrected chi connectivity index (χ0v) is 16.1. The molecular weight excluding hydrogens is 358 g/mol. The molecule has 0 saturated carbocycles. The van der Waals surface area contributed by atoms with Crippen molar-refractivity contribution < 1.29 is 14.5 Å². The van der Waals surface area contributed by atoms with Gasteiger partial charge in [0.15, 0.2) is 6.67 Å². The van der Waals surface area contributed by atoms with Crippen LogP contribution in [-0.2, 0) is 9.59 Å². The van der Waals surface area contributed by atoms with Gasteiger partial charge in [-0.05, 0) is 37.8 Å². The Morgan fingerprint density at radius 3 is 2.59 bits per heavy atom. The Bertz CT molecular complexity index is 862. The van der Waals surface area contributed by atoms with Crippen LogP contribution in [-0.4, -0.2) is 41.5 Å². The van der Waals surface area contributed by atoms with Gasteiger partial charge in [-0.25, -0.2) is 9.88 Å². The molecule has 1 N–H and O–H groups in total. The number of quaternary nitrogens is 1. The molecule has 0 radical (unpaired) electrons. The standard InChI is InChI=1S/C21H23N3O2S/c25-20-15-7-1-2-8-16(15)21(26)24(20)13-23-11-5-6-14(12-23)19-22-17-9-3-4-10-18(17)27-19/h1-4,9-10,14-16H,5-8,11-13H2/p+1/t14-,15-,16+/m0/s1. The van der Waals surface area contributed by atoms with Crippen molar-refractivity contribution in [2.75, 3.05) is 19.8 Å². The molecule has 1 unspecified atom stereocenters. The number of amides is 2. The Labute approximate surface area is 162 Å². The molecule has 2 amide bonds. The van der Waals surface area contributed by atoms with Gasteiger partial charge in [0.2, 0.25) is 11.8 Å². The molecule has 3 heterocycles. The lowest BCUT2D eigenvalue weighted by molar-refractivity contribution is -0.913. The van der Waals surface area contributed by atoms with E-state index in [4.69, 9.17) is 4.98 Å². The lowest BCUT2D eigenvalue weighted by Crippen LogP contribution is -3.15. The van der Waals surface area contributed by atoms with Crippen LogP contribution in [0.25, 0.3) is 10.2 Å². The molecule has 4 atom stereocenters. The van der Waals surface area contributed by atoms with Crippen LogP contribution in [0.1, 0.15) is 36.6 Å². The van der Waals surface area contributed by atoms with Crippen LogP contribution in [0.15, 0.2) is 36.4 Å². The predicted molar refractivity (Wildman–Crippen MR) is 104 cm³/mol. The fraction of sp³-hybridized carbons (Fsp3) is 0.476. The van der Waals surface area contributed by atoms with E-state index in [9.17, 15) is 9.59 Å². The fourth-order valence-electron chi connectivity index (χ4n) is 4.82. The highest BCUT2D eigenvalue weighted by Gasteiger charge is 2.48. The van der Waals surface area contributed by atoms with E-state index >= 15 is 0 Å². The fourth-order valence-corrected chi connectivity index (χ4v) is 5.92. The van der Waals surface area contributed by atoms with Crippen molar-refractivity contribution in [1.29, 1.82) is 0 Å². The number of thiazole rings is 1. The number of para-hydroxylation sites is 1. The number of piperidine rings is 1. The van der Waals surface area contributed by atoms with Gasteiger partial charge in [-0.1, -0.05) is 24.3 Å². The van der Waals surface area contributed by atoms with Gasteiger partial charge in [-0.2, -0.15) is 0 Å². The number of nitrogens with zero attached hydrogens (tertiary/aromatic N) is 2. The smallest absolute Gasteiger partial charge is 0.237 e. The highest BCUT2D eigenvalue weighted by Crippen LogP contribution is 2.35. The predicted octanol–water partition coefficient (Wildman–Crippen LogP) is 1.97. The first-order chi connectivity index (χ1) is 13.2. The van der Waals surface area contributed by atoms with E-state index in [0.717, 1.165) is 44.3 Å². The molecule has 0 spiro atoms. The number of hydrogen-bond donors (Lipinski definition) is 1. The van der Waals surface area contributed by atoms with Crippen molar-refractivity contribution in [3.63, 3.8) is 0 Å². The number of rotatable bonds is 3. The van der Waals surface area contributed by atoms with Crippen molar-refractivity contribution in [3.8, 4) is 0 Å². The van der Waals surface area contributed by atoms with Gasteiger partial charge in [0.1, 0.15) is 5.01 Å². The molecule has 1 aromatic heterocycles. The molecule has 2 fully saturated rings. The largest absolute Gasteiger partial charge is 0.317 e. The zero-order chi connectivity index (χ0) is 18.4. The van der Waals surface area contributed by atoms with E-state index in [1.165, 1.54) is 14.6 Å². The monoisotopic (exact) mass is 382 g/mol. The number of fused-ring (bicyclic) bond motifs is 2. The van der Waals surface area contributed by atoms with Gasteiger partial charge in [0.25, 0.3) is 0 Å². The third-order valence-corrected chi connectivity index (χ3v) is 7.46. The SMILES string of the molecule is O=C1[C@H]2CC=CC[C@H]2C(=O)N1C[NH+]1CCC[C@H](c2nc3ccccc3s2)C1. The van der Waals surface area contributed by atoms with E-state index in [0.29, 0.717) is 12.6 Å². The van der Waals surface area contributed by atoms with Gasteiger partial charge in [0.05, 0.1) is 41.1 Å². The third kappa shape index (κ3) is 3.01. The second-order valence-electron chi connectivity index (χ2n) is 7.98. The Balaban J connectivity index is 1.30. The van der Waals surface area contributed by atoms with Crippen LogP contribution < -0.4 is 4.90 Å². The van der Waals surface area contributed by atoms with Crippen LogP contribution in [0.5, 0.6) is 0 Å². The minimum atomic E-state index is -0.119. The van der Waals surface area contributed by atoms with Crippen LogP contribution >= 0.6 is 11.3 Å². The van der Waals surface area contributed by atoms with E-state index in [1.807, 2.05) is 18.2 Å². The summed E-state index contributed by atoms with van der Waals surface area (Å²) < 4.78 is 1.24. The number of allylic oxidation sites excluding steroid dienone is 2. The van der Waals surface area contributed by atoms with Gasteiger partial charge in [-0.15, -0.1) is 11.3 Å². The topological polar surface area (TPSA) is 54.7 Å². The maximum atomic E-state index is 12.7. The molecular formula is C21H24N3O2S+. The highest BCUT2D eigenvalue weighted by molar-refractivity contribution is 7.18. The number of hydrogen-bond acceptors (Lipinski definition) is 4. The second kappa shape index (κ2) is 6.84. The quantitative estimate of drug-likeness (QED) is 0.652. The molecule has 1 aliphatic carbocycles. The number of nitrogens with one attached hydrogen (secondary N) is 1. The summed E-state index contributed by atoms with van der Waals surface area (Å²) >= 11 is 1.79. The van der Waals surface area contributed by atoms with E-state index in [1.54, 1.807) is 16.2 Å². The second-order valence-corrected chi connectivity index (χ2v) is 9.04. The Kier molecular flexibility index (Phi) is 4.32. The number of carbonyl (C=O) groups excluding carboxylic acids is 2. The average molecular weight is 383 g/mol. The van der Waals surface area contributed by atoms with Crippen LogP contribution in [0, 0.1) is 11.8 Å². The van der Waals surface area contributed by atoms with Crippen molar-refractivity contribution >= 4 is 33.4 Å². The molecule has 1 aromatic carbocycles. The summed E-state index contributed by atoms with van der Waals surface area (Å²) in [5, 5.41) is 1.20. The number of carbonyl (C=O) groups is 2. The highest BCUT2D eigenvalue weighted by atomic mass is 32.1. The minimum Gasteiger partial charge on any atom is -0.317 e.